The van der Waals surface area contributed by atoms with Crippen LogP contribution in [0.4, 0.5) is 13.2 Å². The molecule has 0 bridgehead atoms. The standard InChI is InChI=1S/C21H18F3N3O2S/c1-11(2)15-8-16-13(7-19(28)29-17(16)6-12(15)3)10-30-20-26-25-18-5-4-14(9-27(18)20)21(22,23)24/h4-9,11H,10H2,1-3H3. The molecule has 0 saturated heterocycles. The van der Waals surface area contributed by atoms with Gasteiger partial charge >= 0.3 is 11.8 Å². The molecule has 0 aliphatic carbocycles. The molecule has 0 fully saturated rings. The van der Waals surface area contributed by atoms with Crippen LogP contribution in [0.25, 0.3) is 16.6 Å². The fourth-order valence-corrected chi connectivity index (χ4v) is 4.32. The minimum absolute atomic E-state index is 0.295. The summed E-state index contributed by atoms with van der Waals surface area (Å²) in [5.41, 5.74) is 2.47. The SMILES string of the molecule is Cc1cc2oc(=O)cc(CSc3nnc4ccc(C(F)(F)F)cn34)c2cc1C(C)C. The second-order valence-corrected chi connectivity index (χ2v) is 8.31. The number of aromatic nitrogens is 3. The number of hydrogen-bond donors (Lipinski definition) is 0. The lowest BCUT2D eigenvalue weighted by molar-refractivity contribution is -0.137. The van der Waals surface area contributed by atoms with Gasteiger partial charge in [0.15, 0.2) is 10.8 Å². The molecular formula is C21H18F3N3O2S. The Hall–Kier alpha value is -2.81. The van der Waals surface area contributed by atoms with Crippen molar-refractivity contribution in [1.29, 1.82) is 0 Å². The largest absolute Gasteiger partial charge is 0.423 e. The van der Waals surface area contributed by atoms with Crippen molar-refractivity contribution in [2.24, 2.45) is 0 Å². The number of rotatable bonds is 4. The highest BCUT2D eigenvalue weighted by Gasteiger charge is 2.31. The molecular weight excluding hydrogens is 415 g/mol. The number of nitrogens with zero attached hydrogens (tertiary/aromatic N) is 3. The van der Waals surface area contributed by atoms with E-state index < -0.39 is 17.4 Å². The van der Waals surface area contributed by atoms with Crippen LogP contribution in [0, 0.1) is 6.92 Å². The van der Waals surface area contributed by atoms with Crippen LogP contribution in [-0.2, 0) is 11.9 Å². The molecule has 4 aromatic rings. The topological polar surface area (TPSA) is 60.4 Å². The predicted octanol–water partition coefficient (Wildman–Crippen LogP) is 5.58. The number of thioether (sulfide) groups is 1. The molecule has 0 unspecified atom stereocenters. The maximum atomic E-state index is 13.1. The van der Waals surface area contributed by atoms with Crippen LogP contribution in [0.1, 0.15) is 42.0 Å². The van der Waals surface area contributed by atoms with Crippen LogP contribution in [0.3, 0.4) is 0 Å². The van der Waals surface area contributed by atoms with Gasteiger partial charge in [0.05, 0.1) is 5.56 Å². The van der Waals surface area contributed by atoms with Gasteiger partial charge in [0.25, 0.3) is 0 Å². The molecule has 0 aliphatic heterocycles. The van der Waals surface area contributed by atoms with Gasteiger partial charge in [-0.2, -0.15) is 13.2 Å². The van der Waals surface area contributed by atoms with E-state index in [1.54, 1.807) is 0 Å². The van der Waals surface area contributed by atoms with E-state index in [1.165, 1.54) is 28.3 Å². The Labute approximate surface area is 173 Å². The first kappa shape index (κ1) is 20.5. The summed E-state index contributed by atoms with van der Waals surface area (Å²) >= 11 is 1.21. The molecule has 9 heteroatoms. The van der Waals surface area contributed by atoms with Crippen molar-refractivity contribution in [3.63, 3.8) is 0 Å². The summed E-state index contributed by atoms with van der Waals surface area (Å²) in [6.45, 7) is 6.14. The molecule has 0 saturated carbocycles. The molecule has 156 valence electrons. The molecule has 30 heavy (non-hydrogen) atoms. The number of halogens is 3. The van der Waals surface area contributed by atoms with Gasteiger partial charge in [0.1, 0.15) is 5.58 Å². The average Bonchev–Trinajstić information content (AvgIpc) is 3.06. The Kier molecular flexibility index (Phi) is 5.09. The van der Waals surface area contributed by atoms with Gasteiger partial charge < -0.3 is 4.42 Å². The average molecular weight is 433 g/mol. The lowest BCUT2D eigenvalue weighted by Gasteiger charge is -2.13. The molecule has 0 radical (unpaired) electrons. The lowest BCUT2D eigenvalue weighted by Crippen LogP contribution is -2.06. The Balaban J connectivity index is 1.73. The van der Waals surface area contributed by atoms with Crippen molar-refractivity contribution in [1.82, 2.24) is 14.6 Å². The van der Waals surface area contributed by atoms with Gasteiger partial charge in [-0.05, 0) is 53.8 Å². The van der Waals surface area contributed by atoms with E-state index in [0.717, 1.165) is 34.3 Å². The van der Waals surface area contributed by atoms with E-state index in [1.807, 2.05) is 19.1 Å². The number of pyridine rings is 1. The summed E-state index contributed by atoms with van der Waals surface area (Å²) in [6, 6.07) is 7.54. The normalized spacial score (nSPS) is 12.4. The highest BCUT2D eigenvalue weighted by atomic mass is 32.2. The van der Waals surface area contributed by atoms with Crippen LogP contribution in [0.15, 0.2) is 50.9 Å². The smallest absolute Gasteiger partial charge is 0.417 e. The first-order valence-electron chi connectivity index (χ1n) is 9.25. The summed E-state index contributed by atoms with van der Waals surface area (Å²) in [6.07, 6.45) is -3.48. The summed E-state index contributed by atoms with van der Waals surface area (Å²) < 4.78 is 45.8. The summed E-state index contributed by atoms with van der Waals surface area (Å²) in [5.74, 6) is 0.628. The molecule has 3 heterocycles. The van der Waals surface area contributed by atoms with E-state index in [0.29, 0.717) is 28.1 Å². The molecule has 3 aromatic heterocycles. The van der Waals surface area contributed by atoms with Gasteiger partial charge in [-0.15, -0.1) is 10.2 Å². The minimum Gasteiger partial charge on any atom is -0.423 e. The van der Waals surface area contributed by atoms with Crippen LogP contribution in [-0.4, -0.2) is 14.6 Å². The fourth-order valence-electron chi connectivity index (χ4n) is 3.41. The van der Waals surface area contributed by atoms with E-state index >= 15 is 0 Å². The highest BCUT2D eigenvalue weighted by Crippen LogP contribution is 2.32. The number of hydrogen-bond acceptors (Lipinski definition) is 5. The zero-order valence-electron chi connectivity index (χ0n) is 16.4. The van der Waals surface area contributed by atoms with Gasteiger partial charge in [-0.25, -0.2) is 4.79 Å². The van der Waals surface area contributed by atoms with Gasteiger partial charge in [0, 0.05) is 23.4 Å². The summed E-state index contributed by atoms with van der Waals surface area (Å²) in [7, 11) is 0. The first-order chi connectivity index (χ1) is 14.1. The Morgan fingerprint density at radius 2 is 1.93 bits per heavy atom. The van der Waals surface area contributed by atoms with E-state index in [-0.39, 0.29) is 0 Å². The zero-order chi connectivity index (χ0) is 21.6. The van der Waals surface area contributed by atoms with Crippen LogP contribution in [0.2, 0.25) is 0 Å². The third-order valence-electron chi connectivity index (χ3n) is 4.89. The molecule has 0 N–H and O–H groups in total. The van der Waals surface area contributed by atoms with Crippen molar-refractivity contribution >= 4 is 28.4 Å². The number of aryl methyl sites for hydroxylation is 1. The van der Waals surface area contributed by atoms with Crippen molar-refractivity contribution in [2.45, 2.75) is 43.8 Å². The molecule has 0 spiro atoms. The van der Waals surface area contributed by atoms with Crippen LogP contribution in [0.5, 0.6) is 0 Å². The van der Waals surface area contributed by atoms with Gasteiger partial charge in [-0.1, -0.05) is 25.6 Å². The molecule has 0 aliphatic rings. The van der Waals surface area contributed by atoms with Crippen molar-refractivity contribution in [3.8, 4) is 0 Å². The van der Waals surface area contributed by atoms with Gasteiger partial charge in [-0.3, -0.25) is 4.40 Å². The fraction of sp³-hybridized carbons (Fsp3) is 0.286. The molecule has 0 amide bonds. The third-order valence-corrected chi connectivity index (χ3v) is 5.89. The zero-order valence-corrected chi connectivity index (χ0v) is 17.3. The molecule has 5 nitrogen and oxygen atoms in total. The Morgan fingerprint density at radius 1 is 1.17 bits per heavy atom. The second-order valence-electron chi connectivity index (χ2n) is 7.37. The maximum Gasteiger partial charge on any atom is 0.417 e. The van der Waals surface area contributed by atoms with E-state index in [9.17, 15) is 18.0 Å². The summed E-state index contributed by atoms with van der Waals surface area (Å²) in [5, 5.41) is 9.05. The number of fused-ring (bicyclic) bond motifs is 2. The summed E-state index contributed by atoms with van der Waals surface area (Å²) in [4.78, 5) is 12.0. The Bertz CT molecular complexity index is 1310. The molecule has 1 aromatic carbocycles. The first-order valence-corrected chi connectivity index (χ1v) is 10.2. The molecule has 4 rings (SSSR count). The van der Waals surface area contributed by atoms with Gasteiger partial charge in [0.2, 0.25) is 0 Å². The predicted molar refractivity (Wildman–Crippen MR) is 109 cm³/mol. The molecule has 0 atom stereocenters. The second kappa shape index (κ2) is 7.46. The highest BCUT2D eigenvalue weighted by molar-refractivity contribution is 7.98. The van der Waals surface area contributed by atoms with E-state index in [4.69, 9.17) is 4.42 Å². The van der Waals surface area contributed by atoms with Crippen molar-refractivity contribution in [2.75, 3.05) is 0 Å². The van der Waals surface area contributed by atoms with Crippen molar-refractivity contribution in [3.05, 3.63) is 69.2 Å². The number of benzene rings is 1. The van der Waals surface area contributed by atoms with Crippen LogP contribution >= 0.6 is 11.8 Å². The third kappa shape index (κ3) is 3.81. The lowest BCUT2D eigenvalue weighted by atomic mass is 9.95. The maximum absolute atomic E-state index is 13.1. The quantitative estimate of drug-likeness (QED) is 0.311. The Morgan fingerprint density at radius 3 is 2.63 bits per heavy atom. The number of alkyl halides is 3. The van der Waals surface area contributed by atoms with E-state index in [2.05, 4.69) is 24.0 Å². The minimum atomic E-state index is -4.46. The van der Waals surface area contributed by atoms with Crippen LogP contribution < -0.4 is 5.63 Å². The monoisotopic (exact) mass is 433 g/mol. The van der Waals surface area contributed by atoms with Crippen molar-refractivity contribution < 1.29 is 17.6 Å².